The highest BCUT2D eigenvalue weighted by Crippen LogP contribution is 2.61. The standard InChI is InChI=1S/C17H26O4/c1-4-16(2,3)15(20)21-13-11-5-10-6-12(13)9-17(7-10,8-11)14(18)19/h10-13H,4-9H2,1-3H3,(H,18,19). The number of carbonyl (C=O) groups is 2. The van der Waals surface area contributed by atoms with Gasteiger partial charge < -0.3 is 9.84 Å². The smallest absolute Gasteiger partial charge is 0.311 e. The maximum Gasteiger partial charge on any atom is 0.311 e. The summed E-state index contributed by atoms with van der Waals surface area (Å²) in [5.41, 5.74) is -0.973. The first-order chi connectivity index (χ1) is 9.77. The lowest BCUT2D eigenvalue weighted by atomic mass is 9.48. The predicted molar refractivity (Wildman–Crippen MR) is 77.6 cm³/mol. The Morgan fingerprint density at radius 2 is 1.76 bits per heavy atom. The fourth-order valence-electron chi connectivity index (χ4n) is 4.86. The SMILES string of the molecule is CCC(C)(C)C(=O)OC1C2CC3CC1CC(C(=O)O)(C3)C2. The van der Waals surface area contributed by atoms with Gasteiger partial charge in [-0.2, -0.15) is 0 Å². The first-order valence-corrected chi connectivity index (χ1v) is 8.22. The van der Waals surface area contributed by atoms with Crippen LogP contribution in [0.15, 0.2) is 0 Å². The Morgan fingerprint density at radius 1 is 1.19 bits per heavy atom. The predicted octanol–water partition coefficient (Wildman–Crippen LogP) is 3.25. The number of carboxylic acid groups (broad SMARTS) is 1. The van der Waals surface area contributed by atoms with Crippen molar-refractivity contribution in [2.45, 2.75) is 65.4 Å². The number of ether oxygens (including phenoxy) is 1. The second kappa shape index (κ2) is 4.72. The largest absolute Gasteiger partial charge is 0.481 e. The number of aliphatic carboxylic acids is 1. The molecule has 118 valence electrons. The van der Waals surface area contributed by atoms with Gasteiger partial charge in [0.25, 0.3) is 0 Å². The molecule has 2 atom stereocenters. The Labute approximate surface area is 126 Å². The van der Waals surface area contributed by atoms with Crippen LogP contribution in [0.4, 0.5) is 0 Å². The molecule has 0 heterocycles. The highest BCUT2D eigenvalue weighted by atomic mass is 16.5. The molecule has 4 nitrogen and oxygen atoms in total. The molecule has 4 bridgehead atoms. The van der Waals surface area contributed by atoms with Crippen LogP contribution in [0.25, 0.3) is 0 Å². The molecule has 0 aromatic heterocycles. The summed E-state index contributed by atoms with van der Waals surface area (Å²) >= 11 is 0. The van der Waals surface area contributed by atoms with E-state index in [9.17, 15) is 14.7 Å². The zero-order chi connectivity index (χ0) is 15.4. The molecule has 4 saturated carbocycles. The molecule has 4 fully saturated rings. The molecule has 0 amide bonds. The highest BCUT2D eigenvalue weighted by Gasteiger charge is 2.60. The molecule has 0 saturated heterocycles. The van der Waals surface area contributed by atoms with Crippen molar-refractivity contribution in [2.75, 3.05) is 0 Å². The van der Waals surface area contributed by atoms with Gasteiger partial charge >= 0.3 is 11.9 Å². The van der Waals surface area contributed by atoms with E-state index in [2.05, 4.69) is 0 Å². The summed E-state index contributed by atoms with van der Waals surface area (Å²) in [7, 11) is 0. The Hall–Kier alpha value is -1.06. The summed E-state index contributed by atoms with van der Waals surface area (Å²) in [6, 6.07) is 0. The monoisotopic (exact) mass is 294 g/mol. The molecule has 4 aliphatic carbocycles. The van der Waals surface area contributed by atoms with Crippen molar-refractivity contribution in [3.8, 4) is 0 Å². The number of carbonyl (C=O) groups excluding carboxylic acids is 1. The summed E-state index contributed by atoms with van der Waals surface area (Å²) in [5.74, 6) is 0.271. The van der Waals surface area contributed by atoms with Gasteiger partial charge in [-0.3, -0.25) is 9.59 Å². The quantitative estimate of drug-likeness (QED) is 0.808. The van der Waals surface area contributed by atoms with E-state index in [-0.39, 0.29) is 23.9 Å². The van der Waals surface area contributed by atoms with Crippen molar-refractivity contribution in [3.05, 3.63) is 0 Å². The first kappa shape index (κ1) is 14.9. The van der Waals surface area contributed by atoms with Crippen LogP contribution in [0.2, 0.25) is 0 Å². The first-order valence-electron chi connectivity index (χ1n) is 8.22. The van der Waals surface area contributed by atoms with E-state index >= 15 is 0 Å². The minimum atomic E-state index is -0.638. The van der Waals surface area contributed by atoms with Crippen LogP contribution in [-0.2, 0) is 14.3 Å². The third-order valence-corrected chi connectivity index (χ3v) is 6.32. The number of hydrogen-bond donors (Lipinski definition) is 1. The summed E-state index contributed by atoms with van der Waals surface area (Å²) in [6.07, 6.45) is 5.00. The van der Waals surface area contributed by atoms with Gasteiger partial charge in [-0.1, -0.05) is 6.92 Å². The summed E-state index contributed by atoms with van der Waals surface area (Å²) in [5, 5.41) is 9.61. The Morgan fingerprint density at radius 3 is 2.24 bits per heavy atom. The molecule has 4 aliphatic rings. The van der Waals surface area contributed by atoms with E-state index in [1.54, 1.807) is 0 Å². The van der Waals surface area contributed by atoms with Crippen molar-refractivity contribution in [2.24, 2.45) is 28.6 Å². The molecular weight excluding hydrogens is 268 g/mol. The average Bonchev–Trinajstić information content (AvgIpc) is 2.41. The molecule has 4 heteroatoms. The fourth-order valence-corrected chi connectivity index (χ4v) is 4.86. The van der Waals surface area contributed by atoms with E-state index in [4.69, 9.17) is 4.74 Å². The molecule has 0 radical (unpaired) electrons. The van der Waals surface area contributed by atoms with Gasteiger partial charge in [0.15, 0.2) is 0 Å². The van der Waals surface area contributed by atoms with Gasteiger partial charge in [0.05, 0.1) is 10.8 Å². The average molecular weight is 294 g/mol. The van der Waals surface area contributed by atoms with Gasteiger partial charge in [-0.15, -0.1) is 0 Å². The minimum absolute atomic E-state index is 0.0488. The molecule has 2 unspecified atom stereocenters. The lowest BCUT2D eigenvalue weighted by Crippen LogP contribution is -2.57. The number of hydrogen-bond acceptors (Lipinski definition) is 3. The highest BCUT2D eigenvalue weighted by molar-refractivity contribution is 5.77. The summed E-state index contributed by atoms with van der Waals surface area (Å²) in [4.78, 5) is 24.0. The van der Waals surface area contributed by atoms with Gasteiger partial charge in [0.1, 0.15) is 6.10 Å². The molecule has 0 aromatic carbocycles. The second-order valence-electron chi connectivity index (χ2n) is 8.16. The minimum Gasteiger partial charge on any atom is -0.481 e. The number of esters is 1. The molecule has 0 aliphatic heterocycles. The van der Waals surface area contributed by atoms with Crippen molar-refractivity contribution in [3.63, 3.8) is 0 Å². The van der Waals surface area contributed by atoms with E-state index in [1.165, 1.54) is 0 Å². The van der Waals surface area contributed by atoms with Gasteiger partial charge in [0.2, 0.25) is 0 Å². The molecule has 0 spiro atoms. The zero-order valence-electron chi connectivity index (χ0n) is 13.2. The maximum absolute atomic E-state index is 12.4. The van der Waals surface area contributed by atoms with Crippen LogP contribution in [0, 0.1) is 28.6 Å². The lowest BCUT2D eigenvalue weighted by Gasteiger charge is -2.57. The molecule has 4 rings (SSSR count). The summed E-state index contributed by atoms with van der Waals surface area (Å²) in [6.45, 7) is 5.84. The van der Waals surface area contributed by atoms with Crippen LogP contribution in [-0.4, -0.2) is 23.1 Å². The zero-order valence-corrected chi connectivity index (χ0v) is 13.2. The maximum atomic E-state index is 12.4. The normalized spacial score (nSPS) is 41.1. The Kier molecular flexibility index (Phi) is 3.34. The van der Waals surface area contributed by atoms with Crippen LogP contribution in [0.1, 0.15) is 59.3 Å². The summed E-state index contributed by atoms with van der Waals surface area (Å²) < 4.78 is 5.88. The van der Waals surface area contributed by atoms with E-state index < -0.39 is 16.8 Å². The third-order valence-electron chi connectivity index (χ3n) is 6.32. The van der Waals surface area contributed by atoms with Gasteiger partial charge in [-0.05, 0) is 70.1 Å². The molecule has 21 heavy (non-hydrogen) atoms. The number of rotatable bonds is 4. The van der Waals surface area contributed by atoms with Crippen molar-refractivity contribution in [1.29, 1.82) is 0 Å². The van der Waals surface area contributed by atoms with Crippen LogP contribution < -0.4 is 0 Å². The molecule has 0 aromatic rings. The Balaban J connectivity index is 1.76. The Bertz CT molecular complexity index is 451. The van der Waals surface area contributed by atoms with Crippen LogP contribution >= 0.6 is 0 Å². The fraction of sp³-hybridized carbons (Fsp3) is 0.882. The lowest BCUT2D eigenvalue weighted by molar-refractivity contribution is -0.197. The third kappa shape index (κ3) is 2.27. The van der Waals surface area contributed by atoms with Gasteiger partial charge in [0, 0.05) is 0 Å². The topological polar surface area (TPSA) is 63.6 Å². The van der Waals surface area contributed by atoms with E-state index in [0.717, 1.165) is 25.7 Å². The van der Waals surface area contributed by atoms with Gasteiger partial charge in [-0.25, -0.2) is 0 Å². The molecular formula is C17H26O4. The molecule has 1 N–H and O–H groups in total. The van der Waals surface area contributed by atoms with E-state index in [1.807, 2.05) is 20.8 Å². The van der Waals surface area contributed by atoms with Crippen molar-refractivity contribution >= 4 is 11.9 Å². The van der Waals surface area contributed by atoms with Crippen molar-refractivity contribution < 1.29 is 19.4 Å². The van der Waals surface area contributed by atoms with Crippen LogP contribution in [0.5, 0.6) is 0 Å². The number of carboxylic acids is 1. The second-order valence-corrected chi connectivity index (χ2v) is 8.16. The van der Waals surface area contributed by atoms with E-state index in [0.29, 0.717) is 18.8 Å². The van der Waals surface area contributed by atoms with Crippen molar-refractivity contribution in [1.82, 2.24) is 0 Å². The van der Waals surface area contributed by atoms with Crippen LogP contribution in [0.3, 0.4) is 0 Å².